The SMILES string of the molecule is N#Cc1cc2c(nc1SCCC(=O)Nc1nc3ccccc3s1)CCCC2. The summed E-state index contributed by atoms with van der Waals surface area (Å²) in [5.41, 5.74) is 3.83. The number of rotatable bonds is 5. The van der Waals surface area contributed by atoms with Gasteiger partial charge in [-0.2, -0.15) is 5.26 Å². The summed E-state index contributed by atoms with van der Waals surface area (Å²) in [7, 11) is 0. The molecule has 0 spiro atoms. The maximum absolute atomic E-state index is 12.2. The molecule has 0 radical (unpaired) electrons. The molecular weight excluding hydrogens is 376 g/mol. The second-order valence-electron chi connectivity index (χ2n) is 6.40. The number of nitrogens with one attached hydrogen (secondary N) is 1. The van der Waals surface area contributed by atoms with Crippen LogP contribution in [0.5, 0.6) is 0 Å². The first kappa shape index (κ1) is 18.0. The minimum Gasteiger partial charge on any atom is -0.302 e. The molecule has 5 nitrogen and oxygen atoms in total. The maximum Gasteiger partial charge on any atom is 0.226 e. The van der Waals surface area contributed by atoms with E-state index in [0.717, 1.165) is 46.6 Å². The summed E-state index contributed by atoms with van der Waals surface area (Å²) in [4.78, 5) is 21.3. The van der Waals surface area contributed by atoms with Crippen molar-refractivity contribution in [3.8, 4) is 6.07 Å². The highest BCUT2D eigenvalue weighted by molar-refractivity contribution is 7.99. The van der Waals surface area contributed by atoms with Crippen molar-refractivity contribution in [2.75, 3.05) is 11.1 Å². The first-order valence-electron chi connectivity index (χ1n) is 8.94. The number of carbonyl (C=O) groups is 1. The molecule has 1 amide bonds. The van der Waals surface area contributed by atoms with Gasteiger partial charge in [0.25, 0.3) is 0 Å². The number of nitrogens with zero attached hydrogens (tertiary/aromatic N) is 3. The number of amides is 1. The van der Waals surface area contributed by atoms with Crippen LogP contribution in [0, 0.1) is 11.3 Å². The molecule has 27 heavy (non-hydrogen) atoms. The number of nitriles is 1. The van der Waals surface area contributed by atoms with E-state index in [2.05, 4.69) is 16.4 Å². The number of thioether (sulfide) groups is 1. The van der Waals surface area contributed by atoms with Crippen LogP contribution in [0.15, 0.2) is 35.4 Å². The van der Waals surface area contributed by atoms with Gasteiger partial charge in [0.15, 0.2) is 5.13 Å². The van der Waals surface area contributed by atoms with Crippen molar-refractivity contribution in [2.45, 2.75) is 37.1 Å². The van der Waals surface area contributed by atoms with Crippen LogP contribution in [0.3, 0.4) is 0 Å². The van der Waals surface area contributed by atoms with Gasteiger partial charge in [-0.25, -0.2) is 9.97 Å². The Labute approximate surface area is 165 Å². The maximum atomic E-state index is 12.2. The van der Waals surface area contributed by atoms with Gasteiger partial charge in [-0.1, -0.05) is 23.5 Å². The Kier molecular flexibility index (Phi) is 5.37. The third-order valence-corrected chi connectivity index (χ3v) is 6.44. The second-order valence-corrected chi connectivity index (χ2v) is 8.51. The molecule has 0 aliphatic heterocycles. The van der Waals surface area contributed by atoms with E-state index >= 15 is 0 Å². The van der Waals surface area contributed by atoms with Gasteiger partial charge < -0.3 is 5.32 Å². The Hall–Kier alpha value is -2.43. The molecule has 1 aliphatic rings. The predicted octanol–water partition coefficient (Wildman–Crippen LogP) is 4.56. The monoisotopic (exact) mass is 394 g/mol. The molecule has 0 fully saturated rings. The predicted molar refractivity (Wildman–Crippen MR) is 109 cm³/mol. The quantitative estimate of drug-likeness (QED) is 0.642. The van der Waals surface area contributed by atoms with E-state index in [1.54, 1.807) is 0 Å². The first-order chi connectivity index (χ1) is 13.2. The smallest absolute Gasteiger partial charge is 0.226 e. The molecule has 0 atom stereocenters. The molecule has 0 saturated heterocycles. The molecule has 0 unspecified atom stereocenters. The van der Waals surface area contributed by atoms with Crippen molar-refractivity contribution in [1.82, 2.24) is 9.97 Å². The molecule has 1 N–H and O–H groups in total. The summed E-state index contributed by atoms with van der Waals surface area (Å²) in [6.07, 6.45) is 4.65. The molecular formula is C20H18N4OS2. The average Bonchev–Trinajstić information content (AvgIpc) is 3.09. The lowest BCUT2D eigenvalue weighted by atomic mass is 9.95. The van der Waals surface area contributed by atoms with Crippen LogP contribution in [0.4, 0.5) is 5.13 Å². The van der Waals surface area contributed by atoms with Gasteiger partial charge in [-0.05, 0) is 49.4 Å². The van der Waals surface area contributed by atoms with Crippen LogP contribution in [-0.2, 0) is 17.6 Å². The van der Waals surface area contributed by atoms with Crippen LogP contribution in [0.1, 0.15) is 36.1 Å². The Bertz CT molecular complexity index is 1010. The fraction of sp³-hybridized carbons (Fsp3) is 0.300. The summed E-state index contributed by atoms with van der Waals surface area (Å²) >= 11 is 2.95. The van der Waals surface area contributed by atoms with Crippen molar-refractivity contribution in [1.29, 1.82) is 5.26 Å². The van der Waals surface area contributed by atoms with E-state index in [1.165, 1.54) is 28.7 Å². The van der Waals surface area contributed by atoms with Gasteiger partial charge in [0, 0.05) is 17.9 Å². The fourth-order valence-electron chi connectivity index (χ4n) is 3.15. The number of pyridine rings is 1. The summed E-state index contributed by atoms with van der Waals surface area (Å²) in [6, 6.07) is 12.0. The topological polar surface area (TPSA) is 78.7 Å². The summed E-state index contributed by atoms with van der Waals surface area (Å²) in [5.74, 6) is 0.509. The Morgan fingerprint density at radius 3 is 2.96 bits per heavy atom. The Morgan fingerprint density at radius 2 is 2.11 bits per heavy atom. The number of hydrogen-bond acceptors (Lipinski definition) is 6. The van der Waals surface area contributed by atoms with Crippen LogP contribution in [-0.4, -0.2) is 21.6 Å². The Morgan fingerprint density at radius 1 is 1.26 bits per heavy atom. The molecule has 4 rings (SSSR count). The summed E-state index contributed by atoms with van der Waals surface area (Å²) < 4.78 is 1.05. The number of thiazole rings is 1. The largest absolute Gasteiger partial charge is 0.302 e. The Balaban J connectivity index is 1.36. The van der Waals surface area contributed by atoms with Crippen LogP contribution in [0.25, 0.3) is 10.2 Å². The highest BCUT2D eigenvalue weighted by Crippen LogP contribution is 2.28. The zero-order valence-electron chi connectivity index (χ0n) is 14.7. The van der Waals surface area contributed by atoms with E-state index in [-0.39, 0.29) is 5.91 Å². The lowest BCUT2D eigenvalue weighted by Crippen LogP contribution is -2.12. The average molecular weight is 395 g/mol. The van der Waals surface area contributed by atoms with Gasteiger partial charge in [0.1, 0.15) is 11.1 Å². The number of hydrogen-bond donors (Lipinski definition) is 1. The van der Waals surface area contributed by atoms with Crippen molar-refractivity contribution in [3.05, 3.63) is 47.2 Å². The fourth-order valence-corrected chi connectivity index (χ4v) is 4.95. The first-order valence-corrected chi connectivity index (χ1v) is 10.7. The third kappa shape index (κ3) is 4.12. The van der Waals surface area contributed by atoms with Gasteiger partial charge in [-0.3, -0.25) is 4.79 Å². The number of para-hydroxylation sites is 1. The van der Waals surface area contributed by atoms with E-state index < -0.39 is 0 Å². The van der Waals surface area contributed by atoms with Gasteiger partial charge in [0.05, 0.1) is 15.8 Å². The van der Waals surface area contributed by atoms with Crippen molar-refractivity contribution < 1.29 is 4.79 Å². The zero-order valence-corrected chi connectivity index (χ0v) is 16.3. The highest BCUT2D eigenvalue weighted by atomic mass is 32.2. The van der Waals surface area contributed by atoms with E-state index in [9.17, 15) is 10.1 Å². The third-order valence-electron chi connectivity index (χ3n) is 4.49. The molecule has 0 saturated carbocycles. The van der Waals surface area contributed by atoms with Gasteiger partial charge in [-0.15, -0.1) is 11.8 Å². The zero-order chi connectivity index (χ0) is 18.6. The standard InChI is InChI=1S/C20H18N4OS2/c21-12-14-11-13-5-1-2-6-15(13)22-19(14)26-10-9-18(25)24-20-23-16-7-3-4-8-17(16)27-20/h3-4,7-8,11H,1-2,5-6,9-10H2,(H,23,24,25). The molecule has 2 heterocycles. The second kappa shape index (κ2) is 8.07. The van der Waals surface area contributed by atoms with Gasteiger partial charge >= 0.3 is 0 Å². The summed E-state index contributed by atoms with van der Waals surface area (Å²) in [6.45, 7) is 0. The van der Waals surface area contributed by atoms with Crippen molar-refractivity contribution >= 4 is 44.4 Å². The number of carbonyl (C=O) groups excluding carboxylic acids is 1. The molecule has 3 aromatic rings. The van der Waals surface area contributed by atoms with Crippen molar-refractivity contribution in [2.24, 2.45) is 0 Å². The number of aryl methyl sites for hydroxylation is 2. The molecule has 2 aromatic heterocycles. The normalized spacial score (nSPS) is 13.1. The van der Waals surface area contributed by atoms with Crippen LogP contribution in [0.2, 0.25) is 0 Å². The molecule has 1 aromatic carbocycles. The molecule has 136 valence electrons. The minimum absolute atomic E-state index is 0.0713. The lowest BCUT2D eigenvalue weighted by Gasteiger charge is -2.16. The van der Waals surface area contributed by atoms with Crippen LogP contribution < -0.4 is 5.32 Å². The summed E-state index contributed by atoms with van der Waals surface area (Å²) in [5, 5.41) is 13.6. The minimum atomic E-state index is -0.0713. The molecule has 1 aliphatic carbocycles. The van der Waals surface area contributed by atoms with E-state index in [4.69, 9.17) is 4.98 Å². The van der Waals surface area contributed by atoms with Crippen LogP contribution >= 0.6 is 23.1 Å². The van der Waals surface area contributed by atoms with Gasteiger partial charge in [0.2, 0.25) is 5.91 Å². The van der Waals surface area contributed by atoms with E-state index in [1.807, 2.05) is 30.3 Å². The number of fused-ring (bicyclic) bond motifs is 2. The highest BCUT2D eigenvalue weighted by Gasteiger charge is 2.16. The van der Waals surface area contributed by atoms with Crippen molar-refractivity contribution in [3.63, 3.8) is 0 Å². The number of aromatic nitrogens is 2. The molecule has 7 heteroatoms. The van der Waals surface area contributed by atoms with E-state index in [0.29, 0.717) is 22.9 Å². The number of anilines is 1. The lowest BCUT2D eigenvalue weighted by molar-refractivity contribution is -0.115. The number of benzene rings is 1. The molecule has 0 bridgehead atoms.